The molecule has 0 aromatic heterocycles. The molecule has 4 N–H and O–H groups in total. The van der Waals surface area contributed by atoms with Gasteiger partial charge in [-0.3, -0.25) is 4.90 Å². The Morgan fingerprint density at radius 3 is 3.75 bits per heavy atom. The first kappa shape index (κ1) is 3.66. The molecule has 0 amide bonds. The summed E-state index contributed by atoms with van der Waals surface area (Å²) in [5, 5.41) is 1.21. The highest BCUT2D eigenvalue weighted by Crippen LogP contribution is 2.17. The van der Waals surface area contributed by atoms with Crippen molar-refractivity contribution in [3.63, 3.8) is 0 Å². The Bertz CT molecular complexity index is 409. The molecule has 1 atom stereocenters. The van der Waals surface area contributed by atoms with Gasteiger partial charge >= 0.3 is 0 Å². The monoisotopic (exact) mass is 172 g/mol. The van der Waals surface area contributed by atoms with Gasteiger partial charge in [0.25, 0.3) is 0 Å². The maximum absolute atomic E-state index is 8.23. The van der Waals surface area contributed by atoms with Crippen LogP contribution in [0.25, 0.3) is 0 Å². The molecule has 0 spiro atoms. The van der Waals surface area contributed by atoms with Crippen LogP contribution in [0.3, 0.4) is 0 Å². The molecule has 0 fully saturated rings. The van der Waals surface area contributed by atoms with Crippen LogP contribution in [0.4, 0.5) is 0 Å². The Morgan fingerprint density at radius 1 is 2.17 bits per heavy atom. The zero-order valence-electron chi connectivity index (χ0n) is 11.7. The topological polar surface area (TPSA) is 65.7 Å². The van der Waals surface area contributed by atoms with Crippen LogP contribution in [0.5, 0.6) is 0 Å². The molecule has 0 bridgehead atoms. The van der Waals surface area contributed by atoms with Crippen LogP contribution in [0.1, 0.15) is 11.0 Å². The Labute approximate surface area is 78.5 Å². The van der Waals surface area contributed by atoms with E-state index < -0.39 is 12.8 Å². The third-order valence-corrected chi connectivity index (χ3v) is 1.68. The minimum Gasteiger partial charge on any atom is -0.384 e. The highest BCUT2D eigenvalue weighted by Gasteiger charge is 2.29. The van der Waals surface area contributed by atoms with E-state index in [1.165, 1.54) is 0 Å². The van der Waals surface area contributed by atoms with E-state index in [4.69, 9.17) is 12.7 Å². The van der Waals surface area contributed by atoms with Gasteiger partial charge in [-0.05, 0) is 6.54 Å². The zero-order valence-corrected chi connectivity index (χ0v) is 6.65. The fraction of sp³-hybridized carbons (Fsp3) is 0.571. The second-order valence-corrected chi connectivity index (χ2v) is 2.39. The van der Waals surface area contributed by atoms with E-state index in [0.29, 0.717) is 5.31 Å². The molecule has 0 aromatic rings. The molecule has 0 aromatic carbocycles. The lowest BCUT2D eigenvalue weighted by Crippen LogP contribution is -2.52. The third kappa shape index (κ3) is 0.937. The van der Waals surface area contributed by atoms with Crippen molar-refractivity contribution in [1.82, 2.24) is 15.5 Å². The molecule has 2 rings (SSSR count). The first-order valence-corrected chi connectivity index (χ1v) is 3.67. The molecule has 1 unspecified atom stereocenters. The van der Waals surface area contributed by atoms with Gasteiger partial charge in [-0.2, -0.15) is 0 Å². The number of nitrogens with zero attached hydrogens (tertiary/aromatic N) is 2. The number of hydrogen-bond acceptors (Lipinski definition) is 5. The highest BCUT2D eigenvalue weighted by molar-refractivity contribution is 5.62. The molecule has 2 heterocycles. The lowest BCUT2D eigenvalue weighted by Gasteiger charge is -2.33. The Hall–Kier alpha value is -1.23. The van der Waals surface area contributed by atoms with E-state index in [2.05, 4.69) is 4.99 Å². The van der Waals surface area contributed by atoms with Crippen molar-refractivity contribution < 1.29 is 6.94 Å². The number of fused-ring (bicyclic) bond motifs is 1. The van der Waals surface area contributed by atoms with Crippen molar-refractivity contribution in [3.05, 3.63) is 11.5 Å². The molecule has 0 radical (unpaired) electrons. The van der Waals surface area contributed by atoms with Crippen LogP contribution in [0.2, 0.25) is 2.82 Å². The van der Waals surface area contributed by atoms with Gasteiger partial charge in [0.1, 0.15) is 17.7 Å². The van der Waals surface area contributed by atoms with Crippen molar-refractivity contribution in [2.24, 2.45) is 10.7 Å². The van der Waals surface area contributed by atoms with Crippen molar-refractivity contribution in [1.29, 1.82) is 0 Å². The molecule has 0 saturated heterocycles. The van der Waals surface area contributed by atoms with E-state index in [1.807, 2.05) is 0 Å². The van der Waals surface area contributed by atoms with Gasteiger partial charge in [0.2, 0.25) is 0 Å². The van der Waals surface area contributed by atoms with Crippen molar-refractivity contribution >= 4 is 6.34 Å². The Kier molecular flexibility index (Phi) is 0.814. The Balaban J connectivity index is 2.64. The largest absolute Gasteiger partial charge is 0.384 e. The lowest BCUT2D eigenvalue weighted by atomic mass is 10.3. The molecule has 5 heteroatoms. The Morgan fingerprint density at radius 2 is 3.00 bits per heavy atom. The van der Waals surface area contributed by atoms with E-state index in [0.717, 1.165) is 16.5 Å². The van der Waals surface area contributed by atoms with E-state index >= 15 is 0 Å². The van der Waals surface area contributed by atoms with Gasteiger partial charge in [0.15, 0.2) is 2.82 Å². The van der Waals surface area contributed by atoms with Gasteiger partial charge in [-0.1, -0.05) is 6.92 Å². The summed E-state index contributed by atoms with van der Waals surface area (Å²) in [6.07, 6.45) is -0.729. The van der Waals surface area contributed by atoms with Gasteiger partial charge in [-0.15, -0.1) is 0 Å². The van der Waals surface area contributed by atoms with Crippen LogP contribution < -0.4 is 16.4 Å². The maximum atomic E-state index is 8.23. The summed E-state index contributed by atoms with van der Waals surface area (Å²) in [6, 6.07) is 0. The standard InChI is InChI=1S/C7H13N5/c1-2-12-4-11-6(8)5-7(12)10-3-9-5/h3,7,11H,2,4,8H2,1H3,(H,9,10)/i4D2,7D/hD2. The maximum Gasteiger partial charge on any atom is 0.163 e. The van der Waals surface area contributed by atoms with Crippen molar-refractivity contribution in [3.8, 4) is 0 Å². The molecule has 12 heavy (non-hydrogen) atoms. The van der Waals surface area contributed by atoms with Crippen LogP contribution in [-0.2, 0) is 0 Å². The molecular weight excluding hydrogens is 154 g/mol. The minimum absolute atomic E-state index is 0.000486. The van der Waals surface area contributed by atoms with Crippen LogP contribution in [-0.4, -0.2) is 30.5 Å². The second kappa shape index (κ2) is 2.67. The summed E-state index contributed by atoms with van der Waals surface area (Å²) < 4.78 is 39.1. The summed E-state index contributed by atoms with van der Waals surface area (Å²) >= 11 is 0. The number of aliphatic imine (C=N–C) groups is 1. The summed E-state index contributed by atoms with van der Waals surface area (Å²) in [7, 11) is 0. The summed E-state index contributed by atoms with van der Waals surface area (Å²) in [5.74, 6) is -0.249. The summed E-state index contributed by atoms with van der Waals surface area (Å²) in [6.45, 7) is -0.480. The predicted octanol–water partition coefficient (Wildman–Crippen LogP) is -1.05. The zero-order chi connectivity index (χ0) is 13.0. The average Bonchev–Trinajstić information content (AvgIpc) is 2.54. The summed E-state index contributed by atoms with van der Waals surface area (Å²) in [5.41, 5.74) is 5.61. The van der Waals surface area contributed by atoms with E-state index in [9.17, 15) is 0 Å². The predicted molar refractivity (Wildman–Crippen MR) is 47.0 cm³/mol. The quantitative estimate of drug-likeness (QED) is 0.472. The molecule has 2 aliphatic heterocycles. The normalized spacial score (nSPS) is 46.2. The van der Waals surface area contributed by atoms with E-state index in [1.54, 1.807) is 6.92 Å². The van der Waals surface area contributed by atoms with Gasteiger partial charge in [-0.25, -0.2) is 4.99 Å². The minimum atomic E-state index is -2.27. The molecule has 2 aliphatic rings. The fourth-order valence-electron chi connectivity index (χ4n) is 1.07. The summed E-state index contributed by atoms with van der Waals surface area (Å²) in [4.78, 5) is 4.86. The molecular formula is C7H13N5. The number of nitrogens with one attached hydrogen (secondary N) is 2. The van der Waals surface area contributed by atoms with Gasteiger partial charge in [0.05, 0.1) is 17.1 Å². The third-order valence-electron chi connectivity index (χ3n) is 1.68. The second-order valence-electron chi connectivity index (χ2n) is 2.39. The lowest BCUT2D eigenvalue weighted by molar-refractivity contribution is 0.196. The van der Waals surface area contributed by atoms with Crippen LogP contribution in [0.15, 0.2) is 16.5 Å². The van der Waals surface area contributed by atoms with Crippen LogP contribution >= 0.6 is 0 Å². The number of likely N-dealkylation sites (N-methyl/N-ethyl adjacent to an activating group) is 1. The molecule has 66 valence electrons. The van der Waals surface area contributed by atoms with Crippen LogP contribution in [0, 0.1) is 0 Å². The first-order valence-electron chi connectivity index (χ1n) is 6.06. The smallest absolute Gasteiger partial charge is 0.163 e. The SMILES string of the molecule is [2H]N1C(N)=C2N=CN([2H])C2([2H])N(CC)C1([2H])[2H]. The van der Waals surface area contributed by atoms with E-state index in [-0.39, 0.29) is 18.1 Å². The van der Waals surface area contributed by atoms with Gasteiger partial charge in [0, 0.05) is 0 Å². The molecule has 0 saturated carbocycles. The first-order chi connectivity index (χ1) is 7.77. The number of hydrogen-bond donors (Lipinski definition) is 3. The van der Waals surface area contributed by atoms with Gasteiger partial charge < -0.3 is 16.4 Å². The number of rotatable bonds is 1. The fourth-order valence-corrected chi connectivity index (χ4v) is 1.07. The van der Waals surface area contributed by atoms with Crippen molar-refractivity contribution in [2.45, 2.75) is 13.1 Å². The van der Waals surface area contributed by atoms with Crippen molar-refractivity contribution in [2.75, 3.05) is 13.2 Å². The average molecular weight is 172 g/mol. The molecule has 5 nitrogen and oxygen atoms in total. The highest BCUT2D eigenvalue weighted by atomic mass is 15.4. The molecule has 0 aliphatic carbocycles. The number of nitrogens with two attached hydrogens (primary N) is 1.